The molecule has 0 saturated heterocycles. The van der Waals surface area contributed by atoms with Crippen molar-refractivity contribution in [1.29, 1.82) is 0 Å². The van der Waals surface area contributed by atoms with Crippen LogP contribution in [-0.4, -0.2) is 35.0 Å². The van der Waals surface area contributed by atoms with Crippen molar-refractivity contribution in [3.63, 3.8) is 0 Å². The SMILES string of the molecule is CSc1ccccc1C(=O)N(CCBr)C1CCCCC1. The summed E-state index contributed by atoms with van der Waals surface area (Å²) >= 11 is 5.14. The molecule has 0 atom stereocenters. The van der Waals surface area contributed by atoms with Crippen molar-refractivity contribution in [2.24, 2.45) is 0 Å². The Bertz CT molecular complexity index is 446. The van der Waals surface area contributed by atoms with Crippen LogP contribution in [0.2, 0.25) is 0 Å². The van der Waals surface area contributed by atoms with Crippen LogP contribution >= 0.6 is 27.7 Å². The fourth-order valence-corrected chi connectivity index (χ4v) is 3.88. The summed E-state index contributed by atoms with van der Waals surface area (Å²) in [5.41, 5.74) is 0.853. The molecule has 0 radical (unpaired) electrons. The standard InChI is InChI=1S/C16H22BrNOS/c1-20-15-10-6-5-9-14(15)16(19)18(12-11-17)13-7-3-2-4-8-13/h5-6,9-10,13H,2-4,7-8,11-12H2,1H3. The number of carbonyl (C=O) groups is 1. The molecule has 110 valence electrons. The molecule has 1 aromatic carbocycles. The number of benzene rings is 1. The smallest absolute Gasteiger partial charge is 0.255 e. The molecule has 1 aliphatic carbocycles. The minimum Gasteiger partial charge on any atom is -0.335 e. The van der Waals surface area contributed by atoms with Crippen molar-refractivity contribution in [3.05, 3.63) is 29.8 Å². The van der Waals surface area contributed by atoms with E-state index in [9.17, 15) is 4.79 Å². The van der Waals surface area contributed by atoms with Crippen LogP contribution < -0.4 is 0 Å². The molecule has 0 aliphatic heterocycles. The van der Waals surface area contributed by atoms with Crippen molar-refractivity contribution in [1.82, 2.24) is 4.90 Å². The summed E-state index contributed by atoms with van der Waals surface area (Å²) in [6, 6.07) is 8.37. The van der Waals surface area contributed by atoms with Crippen molar-refractivity contribution in [2.75, 3.05) is 18.1 Å². The van der Waals surface area contributed by atoms with E-state index in [-0.39, 0.29) is 5.91 Å². The third-order valence-corrected chi connectivity index (χ3v) is 5.09. The molecule has 0 aromatic heterocycles. The third kappa shape index (κ3) is 3.79. The number of hydrogen-bond acceptors (Lipinski definition) is 2. The van der Waals surface area contributed by atoms with Crippen LogP contribution in [0.4, 0.5) is 0 Å². The molecule has 20 heavy (non-hydrogen) atoms. The first-order valence-corrected chi connectivity index (χ1v) is 9.62. The van der Waals surface area contributed by atoms with E-state index in [0.29, 0.717) is 6.04 Å². The van der Waals surface area contributed by atoms with E-state index in [1.54, 1.807) is 11.8 Å². The summed E-state index contributed by atoms with van der Waals surface area (Å²) < 4.78 is 0. The van der Waals surface area contributed by atoms with Gasteiger partial charge in [0.1, 0.15) is 0 Å². The number of nitrogens with zero attached hydrogens (tertiary/aromatic N) is 1. The lowest BCUT2D eigenvalue weighted by Gasteiger charge is -2.34. The van der Waals surface area contributed by atoms with Gasteiger partial charge in [-0.25, -0.2) is 0 Å². The highest BCUT2D eigenvalue weighted by Crippen LogP contribution is 2.27. The molecule has 1 aliphatic rings. The van der Waals surface area contributed by atoms with Crippen LogP contribution in [0.25, 0.3) is 0 Å². The molecule has 0 bridgehead atoms. The van der Waals surface area contributed by atoms with Gasteiger partial charge in [-0.05, 0) is 31.2 Å². The number of halogens is 1. The minimum absolute atomic E-state index is 0.196. The molecule has 4 heteroatoms. The van der Waals surface area contributed by atoms with Gasteiger partial charge in [0, 0.05) is 22.8 Å². The second-order valence-electron chi connectivity index (χ2n) is 5.18. The molecule has 2 rings (SSSR count). The summed E-state index contributed by atoms with van der Waals surface area (Å²) in [5.74, 6) is 0.196. The highest BCUT2D eigenvalue weighted by atomic mass is 79.9. The largest absolute Gasteiger partial charge is 0.335 e. The number of thioether (sulfide) groups is 1. The predicted octanol–water partition coefficient (Wildman–Crippen LogP) is 4.58. The summed E-state index contributed by atoms with van der Waals surface area (Å²) in [6.07, 6.45) is 8.15. The Morgan fingerprint density at radius 2 is 2.00 bits per heavy atom. The van der Waals surface area contributed by atoms with Gasteiger partial charge in [-0.3, -0.25) is 4.79 Å². The van der Waals surface area contributed by atoms with Gasteiger partial charge < -0.3 is 4.90 Å². The molecule has 0 heterocycles. The van der Waals surface area contributed by atoms with Gasteiger partial charge in [-0.2, -0.15) is 0 Å². The maximum absolute atomic E-state index is 12.9. The number of rotatable bonds is 5. The lowest BCUT2D eigenvalue weighted by atomic mass is 9.93. The van der Waals surface area contributed by atoms with Gasteiger partial charge in [0.2, 0.25) is 0 Å². The number of amides is 1. The van der Waals surface area contributed by atoms with Crippen molar-refractivity contribution >= 4 is 33.6 Å². The predicted molar refractivity (Wildman–Crippen MR) is 89.9 cm³/mol. The van der Waals surface area contributed by atoms with Crippen LogP contribution in [0, 0.1) is 0 Å². The average Bonchev–Trinajstić information content (AvgIpc) is 2.52. The maximum atomic E-state index is 12.9. The van der Waals surface area contributed by atoms with Gasteiger partial charge in [-0.15, -0.1) is 11.8 Å². The first-order valence-electron chi connectivity index (χ1n) is 7.28. The first kappa shape index (κ1) is 15.9. The second-order valence-corrected chi connectivity index (χ2v) is 6.82. The van der Waals surface area contributed by atoms with Gasteiger partial charge in [-0.1, -0.05) is 47.3 Å². The van der Waals surface area contributed by atoms with Crippen LogP contribution in [0.1, 0.15) is 42.5 Å². The lowest BCUT2D eigenvalue weighted by Crippen LogP contribution is -2.42. The molecule has 0 N–H and O–H groups in total. The molecular formula is C16H22BrNOS. The van der Waals surface area contributed by atoms with Gasteiger partial charge in [0.05, 0.1) is 5.56 Å². The van der Waals surface area contributed by atoms with E-state index in [2.05, 4.69) is 20.8 Å². The normalized spacial score (nSPS) is 16.1. The fraction of sp³-hybridized carbons (Fsp3) is 0.562. The van der Waals surface area contributed by atoms with E-state index in [4.69, 9.17) is 0 Å². The van der Waals surface area contributed by atoms with E-state index in [1.807, 2.05) is 30.5 Å². The second kappa shape index (κ2) is 8.08. The number of carbonyl (C=O) groups excluding carboxylic acids is 1. The topological polar surface area (TPSA) is 20.3 Å². The first-order chi connectivity index (χ1) is 9.77. The van der Waals surface area contributed by atoms with Gasteiger partial charge in [0.25, 0.3) is 5.91 Å². The Labute approximate surface area is 134 Å². The van der Waals surface area contributed by atoms with E-state index in [0.717, 1.165) is 35.2 Å². The molecule has 0 unspecified atom stereocenters. The summed E-state index contributed by atoms with van der Waals surface area (Å²) in [4.78, 5) is 16.1. The number of hydrogen-bond donors (Lipinski definition) is 0. The molecule has 0 spiro atoms. The third-order valence-electron chi connectivity index (χ3n) is 3.94. The average molecular weight is 356 g/mol. The summed E-state index contributed by atoms with van der Waals surface area (Å²) in [6.45, 7) is 0.798. The molecule has 2 nitrogen and oxygen atoms in total. The Morgan fingerprint density at radius 3 is 2.65 bits per heavy atom. The zero-order valence-corrected chi connectivity index (χ0v) is 14.4. The molecular weight excluding hydrogens is 334 g/mol. The number of alkyl halides is 1. The Hall–Kier alpha value is -0.480. The van der Waals surface area contributed by atoms with Gasteiger partial charge in [0.15, 0.2) is 0 Å². The molecule has 1 fully saturated rings. The summed E-state index contributed by atoms with van der Waals surface area (Å²) in [5, 5.41) is 0.844. The Morgan fingerprint density at radius 1 is 1.30 bits per heavy atom. The lowest BCUT2D eigenvalue weighted by molar-refractivity contribution is 0.0647. The zero-order chi connectivity index (χ0) is 14.4. The van der Waals surface area contributed by atoms with Crippen molar-refractivity contribution in [2.45, 2.75) is 43.0 Å². The highest BCUT2D eigenvalue weighted by molar-refractivity contribution is 9.09. The van der Waals surface area contributed by atoms with E-state index in [1.165, 1.54) is 19.3 Å². The monoisotopic (exact) mass is 355 g/mol. The molecule has 1 amide bonds. The highest BCUT2D eigenvalue weighted by Gasteiger charge is 2.26. The van der Waals surface area contributed by atoms with Crippen LogP contribution in [0.15, 0.2) is 29.2 Å². The van der Waals surface area contributed by atoms with Crippen LogP contribution in [-0.2, 0) is 0 Å². The fourth-order valence-electron chi connectivity index (χ4n) is 2.91. The van der Waals surface area contributed by atoms with Crippen molar-refractivity contribution < 1.29 is 4.79 Å². The van der Waals surface area contributed by atoms with E-state index >= 15 is 0 Å². The maximum Gasteiger partial charge on any atom is 0.255 e. The zero-order valence-electron chi connectivity index (χ0n) is 12.0. The molecule has 1 aromatic rings. The van der Waals surface area contributed by atoms with Gasteiger partial charge >= 0.3 is 0 Å². The van der Waals surface area contributed by atoms with Crippen LogP contribution in [0.5, 0.6) is 0 Å². The quantitative estimate of drug-likeness (QED) is 0.569. The van der Waals surface area contributed by atoms with Crippen molar-refractivity contribution in [3.8, 4) is 0 Å². The van der Waals surface area contributed by atoms with E-state index < -0.39 is 0 Å². The minimum atomic E-state index is 0.196. The Balaban J connectivity index is 2.21. The summed E-state index contributed by atoms with van der Waals surface area (Å²) in [7, 11) is 0. The molecule has 1 saturated carbocycles. The van der Waals surface area contributed by atoms with Crippen LogP contribution in [0.3, 0.4) is 0 Å². The Kier molecular flexibility index (Phi) is 6.43.